The zero-order valence-corrected chi connectivity index (χ0v) is 10.6. The van der Waals surface area contributed by atoms with Gasteiger partial charge < -0.3 is 14.8 Å². The summed E-state index contributed by atoms with van der Waals surface area (Å²) in [5, 5.41) is 3.11. The molecule has 0 fully saturated rings. The quantitative estimate of drug-likeness (QED) is 0.702. The minimum absolute atomic E-state index is 0.581. The van der Waals surface area contributed by atoms with Crippen LogP contribution >= 0.6 is 0 Å². The molecule has 0 saturated heterocycles. The molecule has 0 unspecified atom stereocenters. The van der Waals surface area contributed by atoms with Crippen molar-refractivity contribution in [2.24, 2.45) is 0 Å². The molecule has 0 atom stereocenters. The smallest absolute Gasteiger partial charge is 0.126 e. The fourth-order valence-corrected chi connectivity index (χ4v) is 1.42. The van der Waals surface area contributed by atoms with Crippen molar-refractivity contribution < 1.29 is 9.47 Å². The van der Waals surface area contributed by atoms with E-state index in [2.05, 4.69) is 23.5 Å². The summed E-state index contributed by atoms with van der Waals surface area (Å²) < 4.78 is 10.6. The molecule has 1 aromatic carbocycles. The number of rotatable bonds is 8. The Morgan fingerprint density at radius 1 is 1.24 bits per heavy atom. The molecule has 0 heterocycles. The molecule has 0 saturated carbocycles. The fraction of sp³-hybridized carbons (Fsp3) is 0.429. The van der Waals surface area contributed by atoms with Crippen LogP contribution in [0.2, 0.25) is 0 Å². The lowest BCUT2D eigenvalue weighted by atomic mass is 10.2. The standard InChI is InChI=1S/C14H21NO2/c1-15-10-6-5-8-13-7-3-4-9-14(13)17-12-11-16-2/h3-5,7-9,15H,6,10-12H2,1-2H3/b8-5+. The topological polar surface area (TPSA) is 30.5 Å². The van der Waals surface area contributed by atoms with E-state index in [1.807, 2.05) is 25.2 Å². The average Bonchev–Trinajstić information content (AvgIpc) is 2.36. The van der Waals surface area contributed by atoms with Gasteiger partial charge in [0, 0.05) is 12.7 Å². The third kappa shape index (κ3) is 5.52. The van der Waals surface area contributed by atoms with E-state index in [-0.39, 0.29) is 0 Å². The number of hydrogen-bond donors (Lipinski definition) is 1. The number of nitrogens with one attached hydrogen (secondary N) is 1. The van der Waals surface area contributed by atoms with Gasteiger partial charge in [-0.05, 0) is 26.1 Å². The van der Waals surface area contributed by atoms with Gasteiger partial charge in [-0.1, -0.05) is 30.4 Å². The molecule has 1 N–H and O–H groups in total. The predicted molar refractivity (Wildman–Crippen MR) is 71.4 cm³/mol. The first-order valence-electron chi connectivity index (χ1n) is 5.90. The molecule has 0 spiro atoms. The lowest BCUT2D eigenvalue weighted by Crippen LogP contribution is -2.06. The van der Waals surface area contributed by atoms with E-state index in [0.717, 1.165) is 24.3 Å². The van der Waals surface area contributed by atoms with Gasteiger partial charge in [0.25, 0.3) is 0 Å². The van der Waals surface area contributed by atoms with Gasteiger partial charge in [-0.15, -0.1) is 0 Å². The first-order valence-corrected chi connectivity index (χ1v) is 5.90. The maximum absolute atomic E-state index is 5.64. The lowest BCUT2D eigenvalue weighted by Gasteiger charge is -2.08. The van der Waals surface area contributed by atoms with Gasteiger partial charge >= 0.3 is 0 Å². The monoisotopic (exact) mass is 235 g/mol. The van der Waals surface area contributed by atoms with Crippen LogP contribution in [0.25, 0.3) is 6.08 Å². The number of hydrogen-bond acceptors (Lipinski definition) is 3. The van der Waals surface area contributed by atoms with Crippen molar-refractivity contribution in [2.75, 3.05) is 33.9 Å². The number of ether oxygens (including phenoxy) is 2. The van der Waals surface area contributed by atoms with Gasteiger partial charge in [-0.3, -0.25) is 0 Å². The van der Waals surface area contributed by atoms with Crippen LogP contribution in [-0.2, 0) is 4.74 Å². The Labute approximate surface area is 103 Å². The second-order valence-electron chi connectivity index (χ2n) is 3.67. The molecule has 17 heavy (non-hydrogen) atoms. The summed E-state index contributed by atoms with van der Waals surface area (Å²) in [4.78, 5) is 0. The molecule has 1 rings (SSSR count). The van der Waals surface area contributed by atoms with Crippen molar-refractivity contribution >= 4 is 6.08 Å². The van der Waals surface area contributed by atoms with Crippen LogP contribution < -0.4 is 10.1 Å². The van der Waals surface area contributed by atoms with Crippen molar-refractivity contribution in [2.45, 2.75) is 6.42 Å². The lowest BCUT2D eigenvalue weighted by molar-refractivity contribution is 0.146. The molecule has 3 heteroatoms. The number of benzene rings is 1. The zero-order valence-electron chi connectivity index (χ0n) is 10.6. The highest BCUT2D eigenvalue weighted by atomic mass is 16.5. The third-order valence-electron chi connectivity index (χ3n) is 2.32. The van der Waals surface area contributed by atoms with Gasteiger partial charge in [0.2, 0.25) is 0 Å². The van der Waals surface area contributed by atoms with Gasteiger partial charge in [0.15, 0.2) is 0 Å². The molecule has 0 aromatic heterocycles. The summed E-state index contributed by atoms with van der Waals surface area (Å²) in [6.45, 7) is 2.18. The van der Waals surface area contributed by atoms with Crippen LogP contribution in [0.1, 0.15) is 12.0 Å². The second-order valence-corrected chi connectivity index (χ2v) is 3.67. The number of para-hydroxylation sites is 1. The van der Waals surface area contributed by atoms with Crippen LogP contribution in [0.15, 0.2) is 30.3 Å². The Hall–Kier alpha value is -1.32. The molecule has 3 nitrogen and oxygen atoms in total. The Kier molecular flexibility index (Phi) is 7.11. The van der Waals surface area contributed by atoms with E-state index in [1.54, 1.807) is 7.11 Å². The normalized spacial score (nSPS) is 10.9. The fourth-order valence-electron chi connectivity index (χ4n) is 1.42. The third-order valence-corrected chi connectivity index (χ3v) is 2.32. The highest BCUT2D eigenvalue weighted by Crippen LogP contribution is 2.19. The van der Waals surface area contributed by atoms with Crippen molar-refractivity contribution in [3.05, 3.63) is 35.9 Å². The number of methoxy groups -OCH3 is 1. The summed E-state index contributed by atoms with van der Waals surface area (Å²) in [6, 6.07) is 8.03. The van der Waals surface area contributed by atoms with E-state index in [4.69, 9.17) is 9.47 Å². The average molecular weight is 235 g/mol. The van der Waals surface area contributed by atoms with Crippen LogP contribution in [0.5, 0.6) is 5.75 Å². The summed E-state index contributed by atoms with van der Waals surface area (Å²) in [6.07, 6.45) is 5.26. The first kappa shape index (κ1) is 13.7. The molecular formula is C14H21NO2. The molecule has 0 amide bonds. The summed E-state index contributed by atoms with van der Waals surface area (Å²) in [5.74, 6) is 0.908. The van der Waals surface area contributed by atoms with E-state index in [1.165, 1.54) is 0 Å². The van der Waals surface area contributed by atoms with Crippen LogP contribution in [0.3, 0.4) is 0 Å². The van der Waals surface area contributed by atoms with E-state index in [9.17, 15) is 0 Å². The van der Waals surface area contributed by atoms with Gasteiger partial charge in [-0.25, -0.2) is 0 Å². The van der Waals surface area contributed by atoms with E-state index < -0.39 is 0 Å². The molecule has 0 aliphatic heterocycles. The Bertz CT molecular complexity index is 337. The SMILES string of the molecule is CNCC/C=C/c1ccccc1OCCOC. The molecule has 1 aromatic rings. The minimum atomic E-state index is 0.581. The van der Waals surface area contributed by atoms with Crippen LogP contribution in [0.4, 0.5) is 0 Å². The molecule has 0 aliphatic carbocycles. The molecule has 0 aliphatic rings. The van der Waals surface area contributed by atoms with Crippen molar-refractivity contribution in [1.82, 2.24) is 5.32 Å². The van der Waals surface area contributed by atoms with Gasteiger partial charge in [0.1, 0.15) is 12.4 Å². The highest BCUT2D eigenvalue weighted by Gasteiger charge is 1.98. The molecule has 0 bridgehead atoms. The maximum atomic E-state index is 5.64. The highest BCUT2D eigenvalue weighted by molar-refractivity contribution is 5.57. The largest absolute Gasteiger partial charge is 0.491 e. The Morgan fingerprint density at radius 3 is 2.82 bits per heavy atom. The maximum Gasteiger partial charge on any atom is 0.126 e. The zero-order chi connectivity index (χ0) is 12.3. The van der Waals surface area contributed by atoms with Crippen molar-refractivity contribution in [1.29, 1.82) is 0 Å². The van der Waals surface area contributed by atoms with Crippen molar-refractivity contribution in [3.8, 4) is 5.75 Å². The van der Waals surface area contributed by atoms with Gasteiger partial charge in [0.05, 0.1) is 6.61 Å². The minimum Gasteiger partial charge on any atom is -0.491 e. The van der Waals surface area contributed by atoms with Crippen LogP contribution in [0, 0.1) is 0 Å². The van der Waals surface area contributed by atoms with E-state index >= 15 is 0 Å². The van der Waals surface area contributed by atoms with E-state index in [0.29, 0.717) is 13.2 Å². The Morgan fingerprint density at radius 2 is 2.06 bits per heavy atom. The van der Waals surface area contributed by atoms with Crippen LogP contribution in [-0.4, -0.2) is 33.9 Å². The van der Waals surface area contributed by atoms with Gasteiger partial charge in [-0.2, -0.15) is 0 Å². The van der Waals surface area contributed by atoms with Crippen molar-refractivity contribution in [3.63, 3.8) is 0 Å². The molecule has 94 valence electrons. The second kappa shape index (κ2) is 8.79. The summed E-state index contributed by atoms with van der Waals surface area (Å²) in [7, 11) is 3.63. The first-order chi connectivity index (χ1) is 8.38. The molecular weight excluding hydrogens is 214 g/mol. The summed E-state index contributed by atoms with van der Waals surface area (Å²) in [5.41, 5.74) is 1.11. The molecule has 0 radical (unpaired) electrons. The Balaban J connectivity index is 2.54. The summed E-state index contributed by atoms with van der Waals surface area (Å²) >= 11 is 0. The predicted octanol–water partition coefficient (Wildman–Crippen LogP) is 2.33.